The van der Waals surface area contributed by atoms with Crippen LogP contribution in [0.2, 0.25) is 0 Å². The van der Waals surface area contributed by atoms with E-state index in [9.17, 15) is 5.11 Å². The van der Waals surface area contributed by atoms with E-state index in [0.717, 1.165) is 11.3 Å². The van der Waals surface area contributed by atoms with Gasteiger partial charge in [-0.05, 0) is 30.6 Å². The number of rotatable bonds is 2. The van der Waals surface area contributed by atoms with Crippen molar-refractivity contribution in [2.75, 3.05) is 0 Å². The van der Waals surface area contributed by atoms with Crippen LogP contribution in [0.25, 0.3) is 0 Å². The molecule has 0 saturated heterocycles. The molecule has 0 spiro atoms. The van der Waals surface area contributed by atoms with E-state index < -0.39 is 6.10 Å². The maximum absolute atomic E-state index is 9.83. The van der Waals surface area contributed by atoms with Crippen LogP contribution in [0.3, 0.4) is 0 Å². The van der Waals surface area contributed by atoms with Gasteiger partial charge in [-0.3, -0.25) is 0 Å². The molecule has 2 aromatic heterocycles. The molecule has 2 aromatic rings. The second-order valence-electron chi connectivity index (χ2n) is 2.76. The summed E-state index contributed by atoms with van der Waals surface area (Å²) in [6, 6.07) is 3.57. The molecule has 0 aliphatic rings. The lowest BCUT2D eigenvalue weighted by Gasteiger charge is -2.05. The fourth-order valence-corrected chi connectivity index (χ4v) is 1.74. The highest BCUT2D eigenvalue weighted by Crippen LogP contribution is 2.24. The lowest BCUT2D eigenvalue weighted by atomic mass is 10.1. The molecule has 0 aliphatic heterocycles. The zero-order chi connectivity index (χ0) is 9.26. The molecule has 2 rings (SSSR count). The fourth-order valence-electron chi connectivity index (χ4n) is 1.20. The molecular weight excluding hydrogens is 186 g/mol. The first kappa shape index (κ1) is 8.47. The molecule has 0 aliphatic carbocycles. The van der Waals surface area contributed by atoms with E-state index >= 15 is 0 Å². The zero-order valence-electron chi connectivity index (χ0n) is 7.10. The van der Waals surface area contributed by atoms with Crippen LogP contribution in [-0.4, -0.2) is 9.48 Å². The third kappa shape index (κ3) is 1.50. The van der Waals surface area contributed by atoms with Crippen molar-refractivity contribution in [3.05, 3.63) is 40.8 Å². The number of furan rings is 1. The molecule has 1 atom stereocenters. The molecular formula is C9H9NO2S. The standard InChI is InChI=1S/C9H9NO2S/c1-6-7(2-4-12-6)9(11)8-3-5-13-10-8/h2-5,9,11H,1H3. The number of aryl methyl sites for hydroxylation is 1. The van der Waals surface area contributed by atoms with Crippen molar-refractivity contribution in [2.45, 2.75) is 13.0 Å². The minimum atomic E-state index is -0.662. The Morgan fingerprint density at radius 2 is 2.38 bits per heavy atom. The summed E-state index contributed by atoms with van der Waals surface area (Å²) in [5.74, 6) is 0.737. The molecule has 0 aromatic carbocycles. The highest BCUT2D eigenvalue weighted by Gasteiger charge is 2.16. The van der Waals surface area contributed by atoms with Gasteiger partial charge in [0.15, 0.2) is 0 Å². The first-order valence-electron chi connectivity index (χ1n) is 3.91. The molecule has 0 fully saturated rings. The Morgan fingerprint density at radius 1 is 1.54 bits per heavy atom. The van der Waals surface area contributed by atoms with Crippen molar-refractivity contribution in [2.24, 2.45) is 0 Å². The van der Waals surface area contributed by atoms with E-state index in [4.69, 9.17) is 4.42 Å². The quantitative estimate of drug-likeness (QED) is 0.798. The maximum atomic E-state index is 9.83. The summed E-state index contributed by atoms with van der Waals surface area (Å²) < 4.78 is 9.16. The van der Waals surface area contributed by atoms with Gasteiger partial charge in [0.05, 0.1) is 12.0 Å². The molecule has 0 amide bonds. The molecule has 1 unspecified atom stereocenters. The Balaban J connectivity index is 2.33. The topological polar surface area (TPSA) is 46.3 Å². The molecule has 68 valence electrons. The van der Waals surface area contributed by atoms with E-state index in [1.165, 1.54) is 11.5 Å². The summed E-state index contributed by atoms with van der Waals surface area (Å²) in [7, 11) is 0. The summed E-state index contributed by atoms with van der Waals surface area (Å²) in [4.78, 5) is 0. The average molecular weight is 195 g/mol. The number of nitrogens with zero attached hydrogens (tertiary/aromatic N) is 1. The fraction of sp³-hybridized carbons (Fsp3) is 0.222. The van der Waals surface area contributed by atoms with Crippen LogP contribution in [-0.2, 0) is 0 Å². The summed E-state index contributed by atoms with van der Waals surface area (Å²) in [5.41, 5.74) is 1.46. The highest BCUT2D eigenvalue weighted by molar-refractivity contribution is 7.03. The van der Waals surface area contributed by atoms with Crippen molar-refractivity contribution >= 4 is 11.5 Å². The molecule has 0 saturated carbocycles. The minimum absolute atomic E-state index is 0.662. The second kappa shape index (κ2) is 3.32. The predicted octanol–water partition coefficient (Wildman–Crippen LogP) is 2.13. The largest absolute Gasteiger partial charge is 0.469 e. The normalized spacial score (nSPS) is 13.1. The lowest BCUT2D eigenvalue weighted by molar-refractivity contribution is 0.214. The van der Waals surface area contributed by atoms with Gasteiger partial charge in [-0.2, -0.15) is 4.37 Å². The summed E-state index contributed by atoms with van der Waals surface area (Å²) in [5, 5.41) is 11.7. The van der Waals surface area contributed by atoms with Gasteiger partial charge >= 0.3 is 0 Å². The predicted molar refractivity (Wildman–Crippen MR) is 49.6 cm³/mol. The van der Waals surface area contributed by atoms with E-state index in [0.29, 0.717) is 5.69 Å². The SMILES string of the molecule is Cc1occc1C(O)c1ccsn1. The van der Waals surface area contributed by atoms with E-state index in [2.05, 4.69) is 4.37 Å². The van der Waals surface area contributed by atoms with Crippen LogP contribution in [0, 0.1) is 6.92 Å². The van der Waals surface area contributed by atoms with Crippen molar-refractivity contribution in [1.29, 1.82) is 0 Å². The molecule has 4 heteroatoms. The third-order valence-electron chi connectivity index (χ3n) is 1.93. The summed E-state index contributed by atoms with van der Waals surface area (Å²) in [6.07, 6.45) is 0.908. The molecule has 0 radical (unpaired) electrons. The molecule has 2 heterocycles. The van der Waals surface area contributed by atoms with Crippen molar-refractivity contribution < 1.29 is 9.52 Å². The van der Waals surface area contributed by atoms with Crippen LogP contribution in [0.5, 0.6) is 0 Å². The molecule has 0 bridgehead atoms. The second-order valence-corrected chi connectivity index (χ2v) is 3.42. The number of aromatic nitrogens is 1. The Labute approximate surface area is 79.8 Å². The van der Waals surface area contributed by atoms with Crippen LogP contribution >= 0.6 is 11.5 Å². The van der Waals surface area contributed by atoms with Crippen molar-refractivity contribution in [3.63, 3.8) is 0 Å². The van der Waals surface area contributed by atoms with Crippen LogP contribution in [0.4, 0.5) is 0 Å². The molecule has 13 heavy (non-hydrogen) atoms. The zero-order valence-corrected chi connectivity index (χ0v) is 7.91. The molecule has 3 nitrogen and oxygen atoms in total. The van der Waals surface area contributed by atoms with Gasteiger partial charge in [0, 0.05) is 10.9 Å². The van der Waals surface area contributed by atoms with Gasteiger partial charge in [0.25, 0.3) is 0 Å². The lowest BCUT2D eigenvalue weighted by Crippen LogP contribution is -1.99. The Kier molecular flexibility index (Phi) is 2.16. The van der Waals surface area contributed by atoms with Gasteiger partial charge in [0.2, 0.25) is 0 Å². The average Bonchev–Trinajstić information content (AvgIpc) is 2.72. The Morgan fingerprint density at radius 3 is 2.92 bits per heavy atom. The van der Waals surface area contributed by atoms with Crippen LogP contribution < -0.4 is 0 Å². The monoisotopic (exact) mass is 195 g/mol. The van der Waals surface area contributed by atoms with Gasteiger partial charge in [-0.15, -0.1) is 0 Å². The van der Waals surface area contributed by atoms with Crippen molar-refractivity contribution in [3.8, 4) is 0 Å². The van der Waals surface area contributed by atoms with Gasteiger partial charge in [-0.25, -0.2) is 0 Å². The smallest absolute Gasteiger partial charge is 0.125 e. The minimum Gasteiger partial charge on any atom is -0.469 e. The Bertz CT molecular complexity index is 380. The first-order valence-corrected chi connectivity index (χ1v) is 4.75. The molecule has 1 N–H and O–H groups in total. The first-order chi connectivity index (χ1) is 6.29. The highest BCUT2D eigenvalue weighted by atomic mass is 32.1. The summed E-state index contributed by atoms with van der Waals surface area (Å²) >= 11 is 1.33. The summed E-state index contributed by atoms with van der Waals surface area (Å²) in [6.45, 7) is 1.82. The number of hydrogen-bond acceptors (Lipinski definition) is 4. The van der Waals surface area contributed by atoms with Gasteiger partial charge in [0.1, 0.15) is 11.9 Å². The third-order valence-corrected chi connectivity index (χ3v) is 2.51. The van der Waals surface area contributed by atoms with Crippen LogP contribution in [0.15, 0.2) is 28.2 Å². The van der Waals surface area contributed by atoms with E-state index in [1.54, 1.807) is 12.3 Å². The maximum Gasteiger partial charge on any atom is 0.125 e. The Hall–Kier alpha value is -1.13. The van der Waals surface area contributed by atoms with Gasteiger partial charge in [-0.1, -0.05) is 0 Å². The number of aliphatic hydroxyl groups excluding tert-OH is 1. The van der Waals surface area contributed by atoms with Crippen LogP contribution in [0.1, 0.15) is 23.1 Å². The van der Waals surface area contributed by atoms with Gasteiger partial charge < -0.3 is 9.52 Å². The van der Waals surface area contributed by atoms with Crippen molar-refractivity contribution in [1.82, 2.24) is 4.37 Å². The van der Waals surface area contributed by atoms with E-state index in [1.807, 2.05) is 18.4 Å². The number of hydrogen-bond donors (Lipinski definition) is 1. The number of aliphatic hydroxyl groups is 1. The van der Waals surface area contributed by atoms with E-state index in [-0.39, 0.29) is 0 Å².